The van der Waals surface area contributed by atoms with Crippen LogP contribution in [0.3, 0.4) is 0 Å². The molecule has 1 aromatic rings. The molecule has 1 amide bonds. The summed E-state index contributed by atoms with van der Waals surface area (Å²) in [6.45, 7) is 4.21. The number of hydrogen-bond acceptors (Lipinski definition) is 2. The summed E-state index contributed by atoms with van der Waals surface area (Å²) in [5, 5.41) is 5.49. The molecular formula is C12H17FN2O. The van der Waals surface area contributed by atoms with Crippen molar-refractivity contribution in [2.75, 3.05) is 18.9 Å². The standard InChI is InChI=1S/C12H17FN2O/c1-8-4-5-10(13)11(6-8)15-12(16)9(2)7-14-3/h4-6,9,14H,7H2,1-3H3,(H,15,16). The third kappa shape index (κ3) is 3.31. The highest BCUT2D eigenvalue weighted by Crippen LogP contribution is 2.16. The number of anilines is 1. The highest BCUT2D eigenvalue weighted by Gasteiger charge is 2.13. The third-order valence-electron chi connectivity index (χ3n) is 2.34. The number of nitrogens with one attached hydrogen (secondary N) is 2. The molecule has 1 rings (SSSR count). The van der Waals surface area contributed by atoms with E-state index in [0.717, 1.165) is 5.56 Å². The monoisotopic (exact) mass is 224 g/mol. The maximum atomic E-state index is 13.3. The van der Waals surface area contributed by atoms with Crippen molar-refractivity contribution in [1.82, 2.24) is 5.32 Å². The van der Waals surface area contributed by atoms with Crippen LogP contribution in [0.2, 0.25) is 0 Å². The number of benzene rings is 1. The molecule has 0 fully saturated rings. The minimum absolute atomic E-state index is 0.182. The number of hydrogen-bond donors (Lipinski definition) is 2. The summed E-state index contributed by atoms with van der Waals surface area (Å²) in [6.07, 6.45) is 0. The number of halogens is 1. The largest absolute Gasteiger partial charge is 0.323 e. The van der Waals surface area contributed by atoms with E-state index in [1.165, 1.54) is 6.07 Å². The van der Waals surface area contributed by atoms with Crippen LogP contribution in [0.15, 0.2) is 18.2 Å². The van der Waals surface area contributed by atoms with E-state index in [1.54, 1.807) is 26.1 Å². The lowest BCUT2D eigenvalue weighted by Gasteiger charge is -2.12. The topological polar surface area (TPSA) is 41.1 Å². The zero-order valence-corrected chi connectivity index (χ0v) is 9.80. The molecule has 0 bridgehead atoms. The lowest BCUT2D eigenvalue weighted by atomic mass is 10.1. The summed E-state index contributed by atoms with van der Waals surface area (Å²) in [5.74, 6) is -0.778. The Morgan fingerprint density at radius 3 is 2.81 bits per heavy atom. The first kappa shape index (κ1) is 12.6. The number of carbonyl (C=O) groups excluding carboxylic acids is 1. The summed E-state index contributed by atoms with van der Waals surface area (Å²) in [7, 11) is 1.77. The van der Waals surface area contributed by atoms with Crippen molar-refractivity contribution < 1.29 is 9.18 Å². The number of carbonyl (C=O) groups is 1. The van der Waals surface area contributed by atoms with Crippen LogP contribution < -0.4 is 10.6 Å². The van der Waals surface area contributed by atoms with Gasteiger partial charge in [0.2, 0.25) is 5.91 Å². The van der Waals surface area contributed by atoms with Crippen molar-refractivity contribution in [3.63, 3.8) is 0 Å². The quantitative estimate of drug-likeness (QED) is 0.820. The van der Waals surface area contributed by atoms with Crippen molar-refractivity contribution in [2.45, 2.75) is 13.8 Å². The molecule has 0 aliphatic heterocycles. The van der Waals surface area contributed by atoms with Gasteiger partial charge in [-0.2, -0.15) is 0 Å². The molecule has 1 atom stereocenters. The van der Waals surface area contributed by atoms with Gasteiger partial charge in [0, 0.05) is 12.5 Å². The Balaban J connectivity index is 2.72. The van der Waals surface area contributed by atoms with Crippen molar-refractivity contribution in [3.8, 4) is 0 Å². The number of amides is 1. The highest BCUT2D eigenvalue weighted by atomic mass is 19.1. The highest BCUT2D eigenvalue weighted by molar-refractivity contribution is 5.92. The first-order chi connectivity index (χ1) is 7.54. The van der Waals surface area contributed by atoms with Crippen LogP contribution in [-0.4, -0.2) is 19.5 Å². The molecule has 2 N–H and O–H groups in total. The van der Waals surface area contributed by atoms with E-state index in [-0.39, 0.29) is 17.5 Å². The Morgan fingerprint density at radius 2 is 2.19 bits per heavy atom. The van der Waals surface area contributed by atoms with Crippen LogP contribution in [-0.2, 0) is 4.79 Å². The van der Waals surface area contributed by atoms with E-state index in [1.807, 2.05) is 6.92 Å². The van der Waals surface area contributed by atoms with Crippen molar-refractivity contribution >= 4 is 11.6 Å². The average molecular weight is 224 g/mol. The molecule has 0 radical (unpaired) electrons. The summed E-state index contributed by atoms with van der Waals surface area (Å²) >= 11 is 0. The second-order valence-corrected chi connectivity index (χ2v) is 3.93. The molecule has 4 heteroatoms. The third-order valence-corrected chi connectivity index (χ3v) is 2.34. The molecular weight excluding hydrogens is 207 g/mol. The molecule has 0 saturated carbocycles. The molecule has 0 aliphatic carbocycles. The predicted molar refractivity (Wildman–Crippen MR) is 62.9 cm³/mol. The molecule has 16 heavy (non-hydrogen) atoms. The molecule has 1 unspecified atom stereocenters. The molecule has 0 heterocycles. The van der Waals surface area contributed by atoms with Gasteiger partial charge in [-0.3, -0.25) is 4.79 Å². The molecule has 0 spiro atoms. The van der Waals surface area contributed by atoms with Crippen LogP contribution in [0.1, 0.15) is 12.5 Å². The van der Waals surface area contributed by atoms with E-state index in [4.69, 9.17) is 0 Å². The molecule has 0 aromatic heterocycles. The first-order valence-corrected chi connectivity index (χ1v) is 5.26. The van der Waals surface area contributed by atoms with Crippen LogP contribution in [0.5, 0.6) is 0 Å². The Bertz CT molecular complexity index is 379. The van der Waals surface area contributed by atoms with Crippen molar-refractivity contribution in [3.05, 3.63) is 29.6 Å². The summed E-state index contributed by atoms with van der Waals surface area (Å²) in [5.41, 5.74) is 1.16. The maximum absolute atomic E-state index is 13.3. The minimum atomic E-state index is -0.407. The molecule has 88 valence electrons. The van der Waals surface area contributed by atoms with Gasteiger partial charge in [0.1, 0.15) is 5.82 Å². The van der Waals surface area contributed by atoms with E-state index in [2.05, 4.69) is 10.6 Å². The molecule has 0 saturated heterocycles. The summed E-state index contributed by atoms with van der Waals surface area (Å²) in [4.78, 5) is 11.6. The predicted octanol–water partition coefficient (Wildman–Crippen LogP) is 1.93. The number of rotatable bonds is 4. The zero-order valence-electron chi connectivity index (χ0n) is 9.80. The van der Waals surface area contributed by atoms with Gasteiger partial charge in [0.25, 0.3) is 0 Å². The van der Waals surface area contributed by atoms with Gasteiger partial charge in [-0.05, 0) is 31.7 Å². The fourth-order valence-corrected chi connectivity index (χ4v) is 1.39. The minimum Gasteiger partial charge on any atom is -0.323 e. The second-order valence-electron chi connectivity index (χ2n) is 3.93. The van der Waals surface area contributed by atoms with Gasteiger partial charge in [0.05, 0.1) is 5.69 Å². The second kappa shape index (κ2) is 5.61. The fraction of sp³-hybridized carbons (Fsp3) is 0.417. The van der Waals surface area contributed by atoms with Gasteiger partial charge >= 0.3 is 0 Å². The summed E-state index contributed by atoms with van der Waals surface area (Å²) < 4.78 is 13.3. The van der Waals surface area contributed by atoms with Crippen LogP contribution in [0.25, 0.3) is 0 Å². The Morgan fingerprint density at radius 1 is 1.50 bits per heavy atom. The van der Waals surface area contributed by atoms with Gasteiger partial charge in [-0.1, -0.05) is 13.0 Å². The normalized spacial score (nSPS) is 12.2. The van der Waals surface area contributed by atoms with E-state index < -0.39 is 5.82 Å². The average Bonchev–Trinajstić information content (AvgIpc) is 2.23. The molecule has 1 aromatic carbocycles. The SMILES string of the molecule is CNCC(C)C(=O)Nc1cc(C)ccc1F. The van der Waals surface area contributed by atoms with Gasteiger partial charge < -0.3 is 10.6 Å². The Labute approximate surface area is 95.0 Å². The zero-order chi connectivity index (χ0) is 12.1. The first-order valence-electron chi connectivity index (χ1n) is 5.26. The smallest absolute Gasteiger partial charge is 0.228 e. The lowest BCUT2D eigenvalue weighted by molar-refractivity contribution is -0.119. The van der Waals surface area contributed by atoms with E-state index in [0.29, 0.717) is 6.54 Å². The fourth-order valence-electron chi connectivity index (χ4n) is 1.39. The van der Waals surface area contributed by atoms with Crippen molar-refractivity contribution in [1.29, 1.82) is 0 Å². The lowest BCUT2D eigenvalue weighted by Crippen LogP contribution is -2.28. The van der Waals surface area contributed by atoms with Gasteiger partial charge in [-0.15, -0.1) is 0 Å². The van der Waals surface area contributed by atoms with E-state index in [9.17, 15) is 9.18 Å². The summed E-state index contributed by atoms with van der Waals surface area (Å²) in [6, 6.07) is 4.65. The molecule has 3 nitrogen and oxygen atoms in total. The molecule has 0 aliphatic rings. The van der Waals surface area contributed by atoms with Crippen LogP contribution in [0, 0.1) is 18.7 Å². The van der Waals surface area contributed by atoms with Crippen LogP contribution >= 0.6 is 0 Å². The Hall–Kier alpha value is -1.42. The van der Waals surface area contributed by atoms with Crippen LogP contribution in [0.4, 0.5) is 10.1 Å². The maximum Gasteiger partial charge on any atom is 0.228 e. The number of aryl methyl sites for hydroxylation is 1. The van der Waals surface area contributed by atoms with Gasteiger partial charge in [0.15, 0.2) is 0 Å². The van der Waals surface area contributed by atoms with Gasteiger partial charge in [-0.25, -0.2) is 4.39 Å². The van der Waals surface area contributed by atoms with E-state index >= 15 is 0 Å². The van der Waals surface area contributed by atoms with Crippen molar-refractivity contribution in [2.24, 2.45) is 5.92 Å². The Kier molecular flexibility index (Phi) is 4.43.